The van der Waals surface area contributed by atoms with Crippen molar-refractivity contribution in [1.82, 2.24) is 0 Å². The molecule has 0 heterocycles. The van der Waals surface area contributed by atoms with Gasteiger partial charge in [-0.1, -0.05) is 29.8 Å². The van der Waals surface area contributed by atoms with Crippen LogP contribution in [0.15, 0.2) is 42.5 Å². The molecule has 21 heavy (non-hydrogen) atoms. The summed E-state index contributed by atoms with van der Waals surface area (Å²) in [7, 11) is 1.53. The fourth-order valence-corrected chi connectivity index (χ4v) is 1.97. The molecule has 0 fully saturated rings. The van der Waals surface area contributed by atoms with Gasteiger partial charge in [0.1, 0.15) is 5.75 Å². The molecule has 0 atom stereocenters. The first-order valence-electron chi connectivity index (χ1n) is 6.09. The molecule has 2 N–H and O–H groups in total. The van der Waals surface area contributed by atoms with E-state index in [-0.39, 0.29) is 22.3 Å². The van der Waals surface area contributed by atoms with Crippen LogP contribution in [0.25, 0.3) is 6.08 Å². The Balaban J connectivity index is 2.22. The van der Waals surface area contributed by atoms with E-state index in [4.69, 9.17) is 16.3 Å². The molecule has 0 unspecified atom stereocenters. The Morgan fingerprint density at radius 3 is 2.67 bits per heavy atom. The third kappa shape index (κ3) is 3.55. The molecule has 4 nitrogen and oxygen atoms in total. The molecule has 0 saturated carbocycles. The Hall–Kier alpha value is -2.46. The number of carbonyl (C=O) groups is 1. The van der Waals surface area contributed by atoms with Crippen LogP contribution < -0.4 is 4.74 Å². The zero-order valence-corrected chi connectivity index (χ0v) is 12.0. The largest absolute Gasteiger partial charge is 0.504 e. The molecule has 0 bridgehead atoms. The van der Waals surface area contributed by atoms with Crippen LogP contribution in [-0.4, -0.2) is 23.1 Å². The molecule has 108 valence electrons. The predicted octanol–water partition coefficient (Wildman–Crippen LogP) is 3.66. The molecule has 5 heteroatoms. The Labute approximate surface area is 126 Å². The summed E-state index contributed by atoms with van der Waals surface area (Å²) >= 11 is 5.75. The van der Waals surface area contributed by atoms with Gasteiger partial charge in [-0.15, -0.1) is 0 Å². The van der Waals surface area contributed by atoms with Crippen LogP contribution in [0.4, 0.5) is 0 Å². The highest BCUT2D eigenvalue weighted by Crippen LogP contribution is 2.34. The molecule has 0 amide bonds. The van der Waals surface area contributed by atoms with E-state index in [1.54, 1.807) is 24.3 Å². The second kappa shape index (κ2) is 6.33. The van der Waals surface area contributed by atoms with Gasteiger partial charge in [-0.2, -0.15) is 0 Å². The molecular weight excluding hydrogens is 292 g/mol. The van der Waals surface area contributed by atoms with E-state index in [2.05, 4.69) is 0 Å². The summed E-state index contributed by atoms with van der Waals surface area (Å²) < 4.78 is 5.06. The van der Waals surface area contributed by atoms with Gasteiger partial charge in [0.05, 0.1) is 12.1 Å². The second-order valence-corrected chi connectivity index (χ2v) is 4.71. The molecule has 0 saturated heterocycles. The highest BCUT2D eigenvalue weighted by molar-refractivity contribution is 6.32. The van der Waals surface area contributed by atoms with Crippen molar-refractivity contribution in [2.24, 2.45) is 0 Å². The summed E-state index contributed by atoms with van der Waals surface area (Å²) in [5.74, 6) is -0.332. The molecule has 0 spiro atoms. The van der Waals surface area contributed by atoms with Crippen molar-refractivity contribution in [3.05, 3.63) is 58.6 Å². The van der Waals surface area contributed by atoms with Crippen molar-refractivity contribution in [2.45, 2.75) is 0 Å². The number of benzene rings is 2. The Morgan fingerprint density at radius 2 is 2.00 bits per heavy atom. The summed E-state index contributed by atoms with van der Waals surface area (Å²) in [6.07, 6.45) is 2.86. The van der Waals surface area contributed by atoms with E-state index in [1.807, 2.05) is 0 Å². The van der Waals surface area contributed by atoms with Crippen LogP contribution in [-0.2, 0) is 0 Å². The lowest BCUT2D eigenvalue weighted by Crippen LogP contribution is -1.94. The topological polar surface area (TPSA) is 66.8 Å². The SMILES string of the molecule is COc1cccc(C(=O)/C=C/c2cc(O)c(O)c(Cl)c2)c1. The Morgan fingerprint density at radius 1 is 1.24 bits per heavy atom. The number of hydrogen-bond donors (Lipinski definition) is 2. The first-order chi connectivity index (χ1) is 10.0. The fraction of sp³-hybridized carbons (Fsp3) is 0.0625. The molecule has 0 aliphatic heterocycles. The summed E-state index contributed by atoms with van der Waals surface area (Å²) in [4.78, 5) is 12.0. The molecule has 0 aliphatic carbocycles. The third-order valence-electron chi connectivity index (χ3n) is 2.85. The molecule has 2 aromatic carbocycles. The molecule has 0 radical (unpaired) electrons. The average Bonchev–Trinajstić information content (AvgIpc) is 2.50. The maximum atomic E-state index is 12.0. The number of aromatic hydroxyl groups is 2. The normalized spacial score (nSPS) is 10.8. The summed E-state index contributed by atoms with van der Waals surface area (Å²) in [5, 5.41) is 18.8. The first-order valence-corrected chi connectivity index (χ1v) is 6.47. The van der Waals surface area contributed by atoms with Crippen molar-refractivity contribution in [3.8, 4) is 17.2 Å². The van der Waals surface area contributed by atoms with Crippen molar-refractivity contribution in [1.29, 1.82) is 0 Å². The lowest BCUT2D eigenvalue weighted by atomic mass is 10.1. The lowest BCUT2D eigenvalue weighted by molar-refractivity contribution is 0.104. The molecule has 2 rings (SSSR count). The number of phenols is 2. The molecule has 0 aliphatic rings. The minimum Gasteiger partial charge on any atom is -0.504 e. The molecular formula is C16H13ClO4. The predicted molar refractivity (Wildman–Crippen MR) is 81.1 cm³/mol. The zero-order chi connectivity index (χ0) is 15.4. The number of methoxy groups -OCH3 is 1. The number of allylic oxidation sites excluding steroid dienone is 1. The van der Waals surface area contributed by atoms with Crippen LogP contribution in [0.1, 0.15) is 15.9 Å². The average molecular weight is 305 g/mol. The van der Waals surface area contributed by atoms with E-state index < -0.39 is 0 Å². The first kappa shape index (κ1) is 14.9. The van der Waals surface area contributed by atoms with E-state index in [0.29, 0.717) is 16.9 Å². The highest BCUT2D eigenvalue weighted by Gasteiger charge is 2.07. The van der Waals surface area contributed by atoms with E-state index in [9.17, 15) is 15.0 Å². The van der Waals surface area contributed by atoms with E-state index >= 15 is 0 Å². The maximum absolute atomic E-state index is 12.0. The number of ketones is 1. The van der Waals surface area contributed by atoms with Gasteiger partial charge >= 0.3 is 0 Å². The third-order valence-corrected chi connectivity index (χ3v) is 3.14. The standard InChI is InChI=1S/C16H13ClO4/c1-21-12-4-2-3-11(9-12)14(18)6-5-10-7-13(17)16(20)15(19)8-10/h2-9,19-20H,1H3/b6-5+. The fourth-order valence-electron chi connectivity index (χ4n) is 1.75. The molecule has 2 aromatic rings. The van der Waals surface area contributed by atoms with Crippen molar-refractivity contribution < 1.29 is 19.7 Å². The van der Waals surface area contributed by atoms with Gasteiger partial charge in [-0.25, -0.2) is 0 Å². The summed E-state index contributed by atoms with van der Waals surface area (Å²) in [6.45, 7) is 0. The minimum absolute atomic E-state index is 0.0171. The van der Waals surface area contributed by atoms with Crippen LogP contribution in [0.2, 0.25) is 5.02 Å². The van der Waals surface area contributed by atoms with Gasteiger partial charge in [0.25, 0.3) is 0 Å². The Kier molecular flexibility index (Phi) is 4.50. The van der Waals surface area contributed by atoms with E-state index in [1.165, 1.54) is 31.4 Å². The van der Waals surface area contributed by atoms with Gasteiger partial charge in [-0.05, 0) is 35.9 Å². The summed E-state index contributed by atoms with van der Waals surface area (Å²) in [5.41, 5.74) is 0.992. The smallest absolute Gasteiger partial charge is 0.185 e. The van der Waals surface area contributed by atoms with E-state index in [0.717, 1.165) is 0 Å². The van der Waals surface area contributed by atoms with Gasteiger partial charge in [0, 0.05) is 5.56 Å². The van der Waals surface area contributed by atoms with Gasteiger partial charge in [0.2, 0.25) is 0 Å². The number of carbonyl (C=O) groups excluding carboxylic acids is 1. The molecule has 0 aromatic heterocycles. The minimum atomic E-state index is -0.382. The summed E-state index contributed by atoms with van der Waals surface area (Å²) in [6, 6.07) is 9.55. The maximum Gasteiger partial charge on any atom is 0.185 e. The van der Waals surface area contributed by atoms with Crippen molar-refractivity contribution in [2.75, 3.05) is 7.11 Å². The Bertz CT molecular complexity index is 684. The number of hydrogen-bond acceptors (Lipinski definition) is 4. The van der Waals surface area contributed by atoms with Crippen LogP contribution in [0.5, 0.6) is 17.2 Å². The van der Waals surface area contributed by atoms with Crippen molar-refractivity contribution >= 4 is 23.5 Å². The highest BCUT2D eigenvalue weighted by atomic mass is 35.5. The van der Waals surface area contributed by atoms with Gasteiger partial charge in [0.15, 0.2) is 17.3 Å². The zero-order valence-electron chi connectivity index (χ0n) is 11.2. The monoisotopic (exact) mass is 304 g/mol. The number of halogens is 1. The number of phenolic OH excluding ortho intramolecular Hbond substituents is 2. The van der Waals surface area contributed by atoms with Gasteiger partial charge < -0.3 is 14.9 Å². The van der Waals surface area contributed by atoms with Crippen molar-refractivity contribution in [3.63, 3.8) is 0 Å². The lowest BCUT2D eigenvalue weighted by Gasteiger charge is -2.02. The second-order valence-electron chi connectivity index (χ2n) is 4.30. The quantitative estimate of drug-likeness (QED) is 0.514. The van der Waals surface area contributed by atoms with Crippen LogP contribution in [0, 0.1) is 0 Å². The van der Waals surface area contributed by atoms with Crippen LogP contribution >= 0.6 is 11.6 Å². The van der Waals surface area contributed by atoms with Gasteiger partial charge in [-0.3, -0.25) is 4.79 Å². The van der Waals surface area contributed by atoms with Crippen LogP contribution in [0.3, 0.4) is 0 Å². The number of rotatable bonds is 4. The number of ether oxygens (including phenoxy) is 1.